The molecule has 1 rings (SSSR count). The topological polar surface area (TPSA) is 77.1 Å². The van der Waals surface area contributed by atoms with Crippen molar-refractivity contribution in [3.8, 4) is 0 Å². The minimum absolute atomic E-state index is 0.0417. The van der Waals surface area contributed by atoms with Crippen molar-refractivity contribution >= 4 is 12.1 Å². The molecule has 1 heterocycles. The molecular formula is C9H12F2N2O5. The fraction of sp³-hybridized carbons (Fsp3) is 0.556. The smallest absolute Gasteiger partial charge is 0.408 e. The van der Waals surface area contributed by atoms with Gasteiger partial charge < -0.3 is 14.4 Å². The number of nitrogens with zero attached hydrogens (tertiary/aromatic N) is 1. The minimum Gasteiger partial charge on any atom is -0.453 e. The normalized spacial score (nSPS) is 20.3. The quantitative estimate of drug-likeness (QED) is 0.737. The van der Waals surface area contributed by atoms with E-state index in [-0.39, 0.29) is 26.0 Å². The Morgan fingerprint density at radius 2 is 2.28 bits per heavy atom. The van der Waals surface area contributed by atoms with E-state index in [2.05, 4.69) is 15.0 Å². The number of alkyl carbamates (subject to hydrolysis) is 1. The summed E-state index contributed by atoms with van der Waals surface area (Å²) < 4.78 is 33.7. The maximum Gasteiger partial charge on any atom is 0.408 e. The molecule has 1 N–H and O–H groups in total. The zero-order valence-corrected chi connectivity index (χ0v) is 9.52. The van der Waals surface area contributed by atoms with Gasteiger partial charge in [0.1, 0.15) is 12.6 Å². The lowest BCUT2D eigenvalue weighted by molar-refractivity contribution is -0.181. The van der Waals surface area contributed by atoms with Crippen LogP contribution in [0.3, 0.4) is 0 Å². The first-order valence-electron chi connectivity index (χ1n) is 4.96. The SMILES string of the molecule is COC(=O)NC1CN(C(=CF)C(=O)OF)CCO1. The van der Waals surface area contributed by atoms with Gasteiger partial charge in [0.25, 0.3) is 0 Å². The first-order chi connectivity index (χ1) is 8.62. The number of halogens is 2. The molecule has 1 fully saturated rings. The summed E-state index contributed by atoms with van der Waals surface area (Å²) in [5.74, 6) is -1.45. The van der Waals surface area contributed by atoms with Gasteiger partial charge in [0, 0.05) is 11.1 Å². The molecule has 102 valence electrons. The van der Waals surface area contributed by atoms with Crippen LogP contribution in [0.5, 0.6) is 0 Å². The summed E-state index contributed by atoms with van der Waals surface area (Å²) in [5, 5.41) is 2.31. The number of carbonyl (C=O) groups excluding carboxylic acids is 2. The summed E-state index contributed by atoms with van der Waals surface area (Å²) in [7, 11) is 1.17. The highest BCUT2D eigenvalue weighted by Crippen LogP contribution is 2.13. The average Bonchev–Trinajstić information content (AvgIpc) is 2.39. The summed E-state index contributed by atoms with van der Waals surface area (Å²) in [6, 6.07) is 0. The standard InChI is InChI=1S/C9H12F2N2O5/c1-16-9(15)12-7-5-13(2-3-17-7)6(4-10)8(14)18-11/h4,7H,2-3,5H2,1H3,(H,12,15). The summed E-state index contributed by atoms with van der Waals surface area (Å²) in [6.45, 7) is 0.232. The van der Waals surface area contributed by atoms with Crippen LogP contribution in [0.1, 0.15) is 0 Å². The molecular weight excluding hydrogens is 254 g/mol. The van der Waals surface area contributed by atoms with Crippen LogP contribution in [0.15, 0.2) is 12.0 Å². The average molecular weight is 266 g/mol. The summed E-state index contributed by atoms with van der Waals surface area (Å²) >= 11 is 0. The summed E-state index contributed by atoms with van der Waals surface area (Å²) in [6.07, 6.45) is -1.60. The molecule has 0 aromatic carbocycles. The second-order valence-corrected chi connectivity index (χ2v) is 3.30. The van der Waals surface area contributed by atoms with Gasteiger partial charge in [0.2, 0.25) is 0 Å². The molecule has 1 amide bonds. The van der Waals surface area contributed by atoms with Crippen molar-refractivity contribution in [2.24, 2.45) is 0 Å². The second kappa shape index (κ2) is 6.74. The molecule has 1 saturated heterocycles. The van der Waals surface area contributed by atoms with Crippen LogP contribution in [0.4, 0.5) is 13.7 Å². The third-order valence-electron chi connectivity index (χ3n) is 2.25. The van der Waals surface area contributed by atoms with Gasteiger partial charge in [-0.2, -0.15) is 0 Å². The van der Waals surface area contributed by atoms with Crippen LogP contribution < -0.4 is 5.32 Å². The Morgan fingerprint density at radius 1 is 1.56 bits per heavy atom. The van der Waals surface area contributed by atoms with Crippen molar-refractivity contribution in [2.75, 3.05) is 26.8 Å². The monoisotopic (exact) mass is 266 g/mol. The molecule has 9 heteroatoms. The minimum atomic E-state index is -1.45. The van der Waals surface area contributed by atoms with Crippen molar-refractivity contribution < 1.29 is 32.9 Å². The predicted molar refractivity (Wildman–Crippen MR) is 53.2 cm³/mol. The maximum atomic E-state index is 12.5. The zero-order valence-electron chi connectivity index (χ0n) is 9.52. The van der Waals surface area contributed by atoms with Gasteiger partial charge in [-0.1, -0.05) is 0 Å². The van der Waals surface area contributed by atoms with Gasteiger partial charge in [0.15, 0.2) is 5.70 Å². The Balaban J connectivity index is 2.62. The molecule has 1 atom stereocenters. The summed E-state index contributed by atoms with van der Waals surface area (Å²) in [4.78, 5) is 26.0. The summed E-state index contributed by atoms with van der Waals surface area (Å²) in [5.41, 5.74) is -0.586. The van der Waals surface area contributed by atoms with Crippen LogP contribution in [0, 0.1) is 0 Å². The number of hydrogen-bond donors (Lipinski definition) is 1. The van der Waals surface area contributed by atoms with E-state index < -0.39 is 24.0 Å². The van der Waals surface area contributed by atoms with Gasteiger partial charge in [-0.25, -0.2) is 18.9 Å². The van der Waals surface area contributed by atoms with Crippen molar-refractivity contribution in [3.05, 3.63) is 12.0 Å². The number of hydrogen-bond acceptors (Lipinski definition) is 6. The van der Waals surface area contributed by atoms with Crippen LogP contribution in [0.25, 0.3) is 0 Å². The third-order valence-corrected chi connectivity index (χ3v) is 2.25. The Morgan fingerprint density at radius 3 is 2.83 bits per heavy atom. The Kier molecular flexibility index (Phi) is 5.31. The lowest BCUT2D eigenvalue weighted by atomic mass is 10.3. The third kappa shape index (κ3) is 3.55. The van der Waals surface area contributed by atoms with E-state index >= 15 is 0 Å². The molecule has 0 aromatic heterocycles. The molecule has 1 unspecified atom stereocenters. The number of rotatable bonds is 3. The van der Waals surface area contributed by atoms with E-state index in [1.54, 1.807) is 0 Å². The molecule has 0 radical (unpaired) electrons. The van der Waals surface area contributed by atoms with Crippen LogP contribution in [-0.4, -0.2) is 50.0 Å². The molecule has 0 aliphatic carbocycles. The van der Waals surface area contributed by atoms with E-state index in [0.717, 1.165) is 0 Å². The number of methoxy groups -OCH3 is 1. The van der Waals surface area contributed by atoms with E-state index in [4.69, 9.17) is 4.74 Å². The van der Waals surface area contributed by atoms with Gasteiger partial charge in [-0.3, -0.25) is 5.32 Å². The number of morpholine rings is 1. The molecule has 18 heavy (non-hydrogen) atoms. The molecule has 1 aliphatic rings. The van der Waals surface area contributed by atoms with Crippen LogP contribution >= 0.6 is 0 Å². The molecule has 7 nitrogen and oxygen atoms in total. The first-order valence-corrected chi connectivity index (χ1v) is 4.96. The predicted octanol–water partition coefficient (Wildman–Crippen LogP) is 0.239. The Labute approximate surface area is 101 Å². The van der Waals surface area contributed by atoms with Crippen LogP contribution in [-0.2, 0) is 19.2 Å². The van der Waals surface area contributed by atoms with Crippen molar-refractivity contribution in [1.82, 2.24) is 10.2 Å². The highest BCUT2D eigenvalue weighted by atomic mass is 19.3. The second-order valence-electron chi connectivity index (χ2n) is 3.30. The zero-order chi connectivity index (χ0) is 13.5. The van der Waals surface area contributed by atoms with Crippen LogP contribution in [0.2, 0.25) is 0 Å². The fourth-order valence-electron chi connectivity index (χ4n) is 1.43. The van der Waals surface area contributed by atoms with Gasteiger partial charge in [0.05, 0.1) is 20.3 Å². The highest BCUT2D eigenvalue weighted by molar-refractivity contribution is 5.87. The number of nitrogens with one attached hydrogen (secondary N) is 1. The number of carbonyl (C=O) groups is 2. The largest absolute Gasteiger partial charge is 0.453 e. The molecule has 0 spiro atoms. The molecule has 0 aromatic rings. The van der Waals surface area contributed by atoms with Gasteiger partial charge in [-0.05, 0) is 0 Å². The number of amides is 1. The highest BCUT2D eigenvalue weighted by Gasteiger charge is 2.28. The Hall–Kier alpha value is -1.90. The fourth-order valence-corrected chi connectivity index (χ4v) is 1.43. The lowest BCUT2D eigenvalue weighted by Gasteiger charge is -2.33. The van der Waals surface area contributed by atoms with Crippen molar-refractivity contribution in [2.45, 2.75) is 6.23 Å². The van der Waals surface area contributed by atoms with E-state index in [1.807, 2.05) is 0 Å². The van der Waals surface area contributed by atoms with E-state index in [0.29, 0.717) is 0 Å². The lowest BCUT2D eigenvalue weighted by Crippen LogP contribution is -2.51. The van der Waals surface area contributed by atoms with E-state index in [1.165, 1.54) is 12.0 Å². The Bertz CT molecular complexity index is 350. The van der Waals surface area contributed by atoms with Gasteiger partial charge >= 0.3 is 12.1 Å². The van der Waals surface area contributed by atoms with Crippen molar-refractivity contribution in [3.63, 3.8) is 0 Å². The number of ether oxygens (including phenoxy) is 2. The van der Waals surface area contributed by atoms with E-state index in [9.17, 15) is 18.5 Å². The first kappa shape index (κ1) is 14.2. The molecule has 0 saturated carbocycles. The molecule has 1 aliphatic heterocycles. The van der Waals surface area contributed by atoms with Gasteiger partial charge in [-0.15, -0.1) is 0 Å². The van der Waals surface area contributed by atoms with Crippen molar-refractivity contribution in [1.29, 1.82) is 0 Å². The molecule has 0 bridgehead atoms. The maximum absolute atomic E-state index is 12.5.